The van der Waals surface area contributed by atoms with Gasteiger partial charge in [-0.05, 0) is 115 Å². The van der Waals surface area contributed by atoms with E-state index in [4.69, 9.17) is 4.74 Å². The molecule has 330 valence electrons. The summed E-state index contributed by atoms with van der Waals surface area (Å²) in [6.45, 7) is 21.6. The fourth-order valence-corrected chi connectivity index (χ4v) is 11.3. The van der Waals surface area contributed by atoms with Gasteiger partial charge in [0, 0.05) is 31.6 Å². The van der Waals surface area contributed by atoms with Crippen LogP contribution < -0.4 is 13.9 Å². The molecule has 1 spiro atoms. The van der Waals surface area contributed by atoms with Crippen molar-refractivity contribution in [2.45, 2.75) is 97.7 Å². The molecule has 3 aliphatic rings. The van der Waals surface area contributed by atoms with Crippen LogP contribution in [0.5, 0.6) is 5.75 Å². The van der Waals surface area contributed by atoms with E-state index in [9.17, 15) is 2.74 Å². The van der Waals surface area contributed by atoms with E-state index in [1.807, 2.05) is 33.8 Å². The molecular formula is C63H59N3O+2. The third-order valence-corrected chi connectivity index (χ3v) is 14.5. The van der Waals surface area contributed by atoms with E-state index < -0.39 is 17.6 Å². The van der Waals surface area contributed by atoms with E-state index in [0.717, 1.165) is 95.2 Å². The van der Waals surface area contributed by atoms with Crippen molar-refractivity contribution in [3.63, 3.8) is 0 Å². The third kappa shape index (κ3) is 5.97. The highest BCUT2D eigenvalue weighted by Crippen LogP contribution is 2.56. The number of ether oxygens (including phenoxy) is 1. The molecule has 0 radical (unpaired) electrons. The minimum Gasteiger partial charge on any atom is -0.392 e. The SMILES string of the molecule is [2H]C(C)(C)c1cccc(C([2H])(C)C)c1-c1ccc(-n2c3[n+]4c5c(cccc52)-c2cc(-c5ccccc5)cc5c2C4(Oc2c-3cc(C(C)(C)C)cc2C(C)(C)C)[n+]2ccc(-c3ccccc3)cc2-5)cc1. The van der Waals surface area contributed by atoms with E-state index >= 15 is 0 Å². The first-order valence-electron chi connectivity index (χ1n) is 24.8. The maximum Gasteiger partial charge on any atom is 0.499 e. The van der Waals surface area contributed by atoms with Gasteiger partial charge in [-0.25, -0.2) is 0 Å². The minimum absolute atomic E-state index is 0.145. The quantitative estimate of drug-likeness (QED) is 0.153. The first kappa shape index (κ1) is 39.2. The fraction of sp³-hybridized carbons (Fsp3) is 0.238. The second kappa shape index (κ2) is 14.5. The van der Waals surface area contributed by atoms with Gasteiger partial charge in [0.25, 0.3) is 0 Å². The summed E-state index contributed by atoms with van der Waals surface area (Å²) in [6.07, 6.45) is 2.26. The normalized spacial score (nSPS) is 16.2. The molecule has 0 fully saturated rings. The lowest BCUT2D eigenvalue weighted by Gasteiger charge is -2.36. The zero-order valence-electron chi connectivity index (χ0n) is 42.3. The number of nitrogens with zero attached hydrogens (tertiary/aromatic N) is 3. The Hall–Kier alpha value is -7.04. The number of rotatable bonds is 6. The average Bonchev–Trinajstić information content (AvgIpc) is 3.81. The third-order valence-electron chi connectivity index (χ3n) is 14.5. The summed E-state index contributed by atoms with van der Waals surface area (Å²) in [7, 11) is 0. The van der Waals surface area contributed by atoms with Crippen molar-refractivity contribution in [1.82, 2.24) is 4.57 Å². The highest BCUT2D eigenvalue weighted by atomic mass is 16.5. The first-order valence-corrected chi connectivity index (χ1v) is 23.8. The lowest BCUT2D eigenvalue weighted by atomic mass is 9.78. The standard InChI is InChI=1S/C63H59N3O/c1-38(2)47-23-17-24-48(39(3)4)56(47)42-27-29-46(30-28-42)65-54-26-18-25-49-50-33-44(41-21-15-12-16-22-41)34-51-55-35-43(40-19-13-11-14-20-40)31-32-64(55)63(57(50)51)66(58(49)54)60(65)52-36-45(61(5,6)7)37-53(59(52)67-63)62(8,9)10/h11-39H,1-10H3/q+2/i38D,39D. The van der Waals surface area contributed by atoms with Crippen molar-refractivity contribution in [2.24, 2.45) is 0 Å². The number of para-hydroxylation sites is 1. The van der Waals surface area contributed by atoms with Crippen LogP contribution in [-0.2, 0) is 16.7 Å². The second-order valence-corrected chi connectivity index (χ2v) is 21.4. The molecule has 12 rings (SSSR count). The molecule has 1 atom stereocenters. The van der Waals surface area contributed by atoms with Gasteiger partial charge in [0.05, 0.1) is 5.56 Å². The van der Waals surface area contributed by atoms with Crippen LogP contribution in [0.25, 0.3) is 83.9 Å². The Balaban J connectivity index is 1.22. The molecule has 3 aliphatic heterocycles. The summed E-state index contributed by atoms with van der Waals surface area (Å²) >= 11 is 0. The van der Waals surface area contributed by atoms with Gasteiger partial charge in [0.15, 0.2) is 23.0 Å². The van der Waals surface area contributed by atoms with Gasteiger partial charge in [0.1, 0.15) is 16.8 Å². The summed E-state index contributed by atoms with van der Waals surface area (Å²) in [5.74, 6) is -0.913. The molecule has 0 amide bonds. The molecule has 0 saturated carbocycles. The molecule has 4 heteroatoms. The van der Waals surface area contributed by atoms with E-state index in [2.05, 4.69) is 213 Å². The molecule has 67 heavy (non-hydrogen) atoms. The first-order chi connectivity index (χ1) is 32.7. The van der Waals surface area contributed by atoms with Gasteiger partial charge in [0.2, 0.25) is 5.69 Å². The Morgan fingerprint density at radius 2 is 1.18 bits per heavy atom. The zero-order chi connectivity index (χ0) is 48.2. The smallest absolute Gasteiger partial charge is 0.392 e. The van der Waals surface area contributed by atoms with Crippen LogP contribution in [0.15, 0.2) is 164 Å². The van der Waals surface area contributed by atoms with Crippen LogP contribution in [0.4, 0.5) is 0 Å². The Morgan fingerprint density at radius 1 is 0.552 bits per heavy atom. The Morgan fingerprint density at radius 3 is 1.81 bits per heavy atom. The van der Waals surface area contributed by atoms with Crippen LogP contribution in [0.3, 0.4) is 0 Å². The van der Waals surface area contributed by atoms with Crippen molar-refractivity contribution in [3.8, 4) is 78.6 Å². The lowest BCUT2D eigenvalue weighted by Crippen LogP contribution is -2.78. The molecule has 7 aromatic carbocycles. The number of hydrogen-bond donors (Lipinski definition) is 0. The van der Waals surface area contributed by atoms with Crippen molar-refractivity contribution in [1.29, 1.82) is 0 Å². The summed E-state index contributed by atoms with van der Waals surface area (Å²) in [6, 6.07) is 57.4. The maximum absolute atomic E-state index is 9.23. The topological polar surface area (TPSA) is 21.9 Å². The molecule has 0 bridgehead atoms. The highest BCUT2D eigenvalue weighted by Gasteiger charge is 2.69. The predicted molar refractivity (Wildman–Crippen MR) is 275 cm³/mol. The molecule has 0 aliphatic carbocycles. The number of pyridine rings is 1. The summed E-state index contributed by atoms with van der Waals surface area (Å²) in [5.41, 5.74) is 20.4. The largest absolute Gasteiger partial charge is 0.499 e. The number of hydrogen-bond acceptors (Lipinski definition) is 1. The van der Waals surface area contributed by atoms with Gasteiger partial charge < -0.3 is 4.74 Å². The van der Waals surface area contributed by atoms with Crippen molar-refractivity contribution >= 4 is 11.0 Å². The van der Waals surface area contributed by atoms with E-state index in [-0.39, 0.29) is 10.8 Å². The van der Waals surface area contributed by atoms with Crippen molar-refractivity contribution in [3.05, 3.63) is 192 Å². The Bertz CT molecular complexity index is 3570. The Kier molecular flexibility index (Phi) is 8.46. The molecule has 4 nitrogen and oxygen atoms in total. The van der Waals surface area contributed by atoms with Crippen LogP contribution in [0.1, 0.15) is 112 Å². The van der Waals surface area contributed by atoms with E-state index in [1.165, 1.54) is 22.3 Å². The van der Waals surface area contributed by atoms with Crippen LogP contribution >= 0.6 is 0 Å². The van der Waals surface area contributed by atoms with Crippen molar-refractivity contribution < 1.29 is 16.6 Å². The predicted octanol–water partition coefficient (Wildman–Crippen LogP) is 15.3. The monoisotopic (exact) mass is 875 g/mol. The maximum atomic E-state index is 9.23. The van der Waals surface area contributed by atoms with Gasteiger partial charge in [-0.3, -0.25) is 0 Å². The highest BCUT2D eigenvalue weighted by molar-refractivity contribution is 5.99. The van der Waals surface area contributed by atoms with Gasteiger partial charge >= 0.3 is 11.7 Å². The number of aromatic nitrogens is 3. The zero-order valence-corrected chi connectivity index (χ0v) is 40.3. The van der Waals surface area contributed by atoms with Gasteiger partial charge in [-0.1, -0.05) is 172 Å². The molecular weight excluding hydrogens is 815 g/mol. The minimum atomic E-state index is -1.12. The van der Waals surface area contributed by atoms with Crippen LogP contribution in [0.2, 0.25) is 0 Å². The van der Waals surface area contributed by atoms with Crippen LogP contribution in [0, 0.1) is 0 Å². The van der Waals surface area contributed by atoms with E-state index in [0.29, 0.717) is 0 Å². The van der Waals surface area contributed by atoms with Gasteiger partial charge in [-0.2, -0.15) is 4.57 Å². The molecule has 5 heterocycles. The second-order valence-electron chi connectivity index (χ2n) is 21.4. The average molecular weight is 876 g/mol. The molecule has 0 saturated heterocycles. The van der Waals surface area contributed by atoms with Crippen LogP contribution in [-0.4, -0.2) is 4.57 Å². The van der Waals surface area contributed by atoms with E-state index in [1.54, 1.807) is 0 Å². The summed E-state index contributed by atoms with van der Waals surface area (Å²) in [5, 5.41) is 0. The molecule has 2 aromatic heterocycles. The molecule has 9 aromatic rings. The molecule has 0 N–H and O–H groups in total. The summed E-state index contributed by atoms with van der Waals surface area (Å²) in [4.78, 5) is 0. The fourth-order valence-electron chi connectivity index (χ4n) is 11.3. The van der Waals surface area contributed by atoms with Crippen molar-refractivity contribution in [2.75, 3.05) is 0 Å². The number of benzene rings is 7. The summed E-state index contributed by atoms with van der Waals surface area (Å²) < 4.78 is 34.0. The molecule has 1 unspecified atom stereocenters. The number of imidazole rings is 1. The Labute approximate surface area is 398 Å². The van der Waals surface area contributed by atoms with Gasteiger partial charge in [-0.15, -0.1) is 9.13 Å². The lowest BCUT2D eigenvalue weighted by molar-refractivity contribution is -0.997. The number of fused-ring (bicyclic) bond motifs is 5.